The maximum Gasteiger partial charge on any atom is 1.00 e. The molecular formula is C20H21LiO4. The second kappa shape index (κ2) is 9.36. The average molecular weight is 332 g/mol. The second-order valence-corrected chi connectivity index (χ2v) is 6.02. The molecule has 0 fully saturated rings. The van der Waals surface area contributed by atoms with Crippen LogP contribution in [0.2, 0.25) is 0 Å². The van der Waals surface area contributed by atoms with Gasteiger partial charge >= 0.3 is 18.9 Å². The minimum atomic E-state index is -1.44. The van der Waals surface area contributed by atoms with Crippen molar-refractivity contribution in [3.63, 3.8) is 0 Å². The van der Waals surface area contributed by atoms with Crippen LogP contribution >= 0.6 is 0 Å². The van der Waals surface area contributed by atoms with Crippen LogP contribution in [0, 0.1) is 0 Å². The molecule has 2 N–H and O–H groups in total. The van der Waals surface area contributed by atoms with E-state index >= 15 is 0 Å². The maximum atomic E-state index is 11.5. The Morgan fingerprint density at radius 3 is 2.32 bits per heavy atom. The van der Waals surface area contributed by atoms with Gasteiger partial charge in [-0.2, -0.15) is 0 Å². The van der Waals surface area contributed by atoms with Crippen molar-refractivity contribution in [1.29, 1.82) is 0 Å². The number of aromatic hydroxyl groups is 2. The topological polar surface area (TPSA) is 80.6 Å². The van der Waals surface area contributed by atoms with E-state index in [0.717, 1.165) is 11.1 Å². The number of carbonyl (C=O) groups excluding carboxylic acids is 1. The Hall–Kier alpha value is -2.15. The molecule has 0 aromatic heterocycles. The first-order valence-electron chi connectivity index (χ1n) is 7.85. The summed E-state index contributed by atoms with van der Waals surface area (Å²) in [5.41, 5.74) is 2.40. The van der Waals surface area contributed by atoms with Gasteiger partial charge in [0.05, 0.1) is 5.97 Å². The molecule has 4 nitrogen and oxygen atoms in total. The van der Waals surface area contributed by atoms with Gasteiger partial charge in [-0.15, -0.1) is 0 Å². The molecule has 0 atom stereocenters. The number of hydrogen-bond donors (Lipinski definition) is 2. The number of hydrogen-bond acceptors (Lipinski definition) is 4. The summed E-state index contributed by atoms with van der Waals surface area (Å²) in [5.74, 6) is -1.94. The Balaban J connectivity index is 0.00000312. The number of phenolic OH excluding ortho intramolecular Hbond substituents is 1. The fourth-order valence-electron chi connectivity index (χ4n) is 2.60. The van der Waals surface area contributed by atoms with Crippen LogP contribution in [0.5, 0.6) is 11.5 Å². The number of carbonyl (C=O) groups is 1. The molecule has 0 aliphatic rings. The van der Waals surface area contributed by atoms with E-state index in [1.165, 1.54) is 6.07 Å². The summed E-state index contributed by atoms with van der Waals surface area (Å²) in [6.45, 7) is 3.78. The first kappa shape index (κ1) is 20.9. The first-order chi connectivity index (χ1) is 11.4. The van der Waals surface area contributed by atoms with Gasteiger partial charge in [-0.1, -0.05) is 42.0 Å². The molecule has 0 heterocycles. The zero-order valence-electron chi connectivity index (χ0n) is 14.9. The van der Waals surface area contributed by atoms with Crippen molar-refractivity contribution >= 4 is 5.97 Å². The monoisotopic (exact) mass is 332 g/mol. The van der Waals surface area contributed by atoms with Crippen molar-refractivity contribution in [3.8, 4) is 11.5 Å². The largest absolute Gasteiger partial charge is 1.00 e. The zero-order valence-corrected chi connectivity index (χ0v) is 14.9. The third-order valence-corrected chi connectivity index (χ3v) is 3.91. The number of allylic oxidation sites excluding steroid dienone is 2. The number of rotatable bonds is 6. The minimum absolute atomic E-state index is 0. The third kappa shape index (κ3) is 5.42. The molecule has 0 aliphatic carbocycles. The average Bonchev–Trinajstić information content (AvgIpc) is 2.52. The standard InChI is InChI=1S/C20H22O4.Li/c1-13(2)8-11-16-17(21)12-15(18(19(16)22)20(23)24)10-9-14-6-4-3-5-7-14;/h3-8,12,21-22H,9-11H2,1-2H3,(H,23,24);/q;+1/p-1. The van der Waals surface area contributed by atoms with Gasteiger partial charge < -0.3 is 20.1 Å². The first-order valence-corrected chi connectivity index (χ1v) is 7.85. The number of aryl methyl sites for hydroxylation is 2. The fourth-order valence-corrected chi connectivity index (χ4v) is 2.60. The molecule has 0 saturated carbocycles. The van der Waals surface area contributed by atoms with E-state index in [2.05, 4.69) is 0 Å². The number of carboxylic acid groups (broad SMARTS) is 1. The SMILES string of the molecule is CC(C)=CCc1c(O)cc(CCc2ccccc2)c(C(=O)[O-])c1O.[Li+]. The van der Waals surface area contributed by atoms with Crippen LogP contribution in [-0.4, -0.2) is 16.2 Å². The quantitative estimate of drug-likeness (QED) is 0.565. The number of aromatic carboxylic acids is 1. The molecule has 0 radical (unpaired) electrons. The molecule has 0 aliphatic heterocycles. The van der Waals surface area contributed by atoms with Crippen molar-refractivity contribution in [1.82, 2.24) is 0 Å². The van der Waals surface area contributed by atoms with Gasteiger partial charge in [-0.25, -0.2) is 0 Å². The van der Waals surface area contributed by atoms with E-state index in [4.69, 9.17) is 0 Å². The van der Waals surface area contributed by atoms with Crippen molar-refractivity contribution in [3.05, 3.63) is 70.3 Å². The molecule has 25 heavy (non-hydrogen) atoms. The van der Waals surface area contributed by atoms with Crippen LogP contribution in [0.1, 0.15) is 40.9 Å². The van der Waals surface area contributed by atoms with Gasteiger partial charge in [0.25, 0.3) is 0 Å². The molecule has 0 bridgehead atoms. The van der Waals surface area contributed by atoms with Crippen molar-refractivity contribution in [2.45, 2.75) is 33.1 Å². The molecule has 2 aromatic carbocycles. The molecule has 5 heteroatoms. The molecule has 0 spiro atoms. The van der Waals surface area contributed by atoms with Crippen LogP contribution in [-0.2, 0) is 19.3 Å². The smallest absolute Gasteiger partial charge is 0.545 e. The Morgan fingerprint density at radius 1 is 1.12 bits per heavy atom. The van der Waals surface area contributed by atoms with Gasteiger partial charge in [-0.05, 0) is 50.3 Å². The van der Waals surface area contributed by atoms with Crippen LogP contribution < -0.4 is 24.0 Å². The fraction of sp³-hybridized carbons (Fsp3) is 0.250. The Labute approximate surface area is 160 Å². The summed E-state index contributed by atoms with van der Waals surface area (Å²) >= 11 is 0. The maximum absolute atomic E-state index is 11.5. The normalized spacial score (nSPS) is 10.0. The molecule has 2 aromatic rings. The van der Waals surface area contributed by atoms with Gasteiger partial charge in [-0.3, -0.25) is 0 Å². The van der Waals surface area contributed by atoms with E-state index < -0.39 is 11.7 Å². The number of carboxylic acids is 1. The van der Waals surface area contributed by atoms with Crippen LogP contribution in [0.15, 0.2) is 48.0 Å². The molecule has 0 unspecified atom stereocenters. The van der Waals surface area contributed by atoms with Crippen LogP contribution in [0.25, 0.3) is 0 Å². The van der Waals surface area contributed by atoms with E-state index in [9.17, 15) is 20.1 Å². The summed E-state index contributed by atoms with van der Waals surface area (Å²) in [4.78, 5) is 11.5. The second-order valence-electron chi connectivity index (χ2n) is 6.02. The Bertz CT molecular complexity index is 763. The van der Waals surface area contributed by atoms with Gasteiger partial charge in [0.1, 0.15) is 11.5 Å². The van der Waals surface area contributed by atoms with Crippen LogP contribution in [0.4, 0.5) is 0 Å². The zero-order chi connectivity index (χ0) is 17.7. The molecule has 126 valence electrons. The molecule has 2 rings (SSSR count). The van der Waals surface area contributed by atoms with E-state index in [0.29, 0.717) is 18.4 Å². The Kier molecular flexibility index (Phi) is 7.82. The van der Waals surface area contributed by atoms with Crippen molar-refractivity contribution in [2.75, 3.05) is 0 Å². The van der Waals surface area contributed by atoms with Crippen molar-refractivity contribution in [2.24, 2.45) is 0 Å². The summed E-state index contributed by atoms with van der Waals surface area (Å²) in [5, 5.41) is 32.0. The molecular weight excluding hydrogens is 311 g/mol. The summed E-state index contributed by atoms with van der Waals surface area (Å²) in [6, 6.07) is 11.0. The van der Waals surface area contributed by atoms with Crippen LogP contribution in [0.3, 0.4) is 0 Å². The molecule has 0 saturated heterocycles. The predicted molar refractivity (Wildman–Crippen MR) is 91.1 cm³/mol. The van der Waals surface area contributed by atoms with E-state index in [1.54, 1.807) is 0 Å². The third-order valence-electron chi connectivity index (χ3n) is 3.91. The van der Waals surface area contributed by atoms with Gasteiger partial charge in [0, 0.05) is 11.1 Å². The van der Waals surface area contributed by atoms with Gasteiger partial charge in [0.15, 0.2) is 0 Å². The summed E-state index contributed by atoms with van der Waals surface area (Å²) in [6.07, 6.45) is 3.07. The predicted octanol–water partition coefficient (Wildman–Crippen LogP) is -0.241. The molecule has 0 amide bonds. The Morgan fingerprint density at radius 2 is 1.76 bits per heavy atom. The minimum Gasteiger partial charge on any atom is -0.545 e. The van der Waals surface area contributed by atoms with E-state index in [-0.39, 0.29) is 42.2 Å². The van der Waals surface area contributed by atoms with Gasteiger partial charge in [0.2, 0.25) is 0 Å². The van der Waals surface area contributed by atoms with E-state index in [1.807, 2.05) is 50.3 Å². The number of benzene rings is 2. The summed E-state index contributed by atoms with van der Waals surface area (Å²) in [7, 11) is 0. The number of phenols is 2. The van der Waals surface area contributed by atoms with Crippen molar-refractivity contribution < 1.29 is 39.0 Å². The summed E-state index contributed by atoms with van der Waals surface area (Å²) < 4.78 is 0.